The summed E-state index contributed by atoms with van der Waals surface area (Å²) < 4.78 is 5.24. The number of methoxy groups -OCH3 is 1. The molecular weight excluding hydrogens is 216 g/mol. The van der Waals surface area contributed by atoms with Crippen molar-refractivity contribution in [3.05, 3.63) is 29.3 Å². The Bertz CT molecular complexity index is 421. The van der Waals surface area contributed by atoms with Gasteiger partial charge in [0.15, 0.2) is 0 Å². The molecule has 1 aliphatic rings. The van der Waals surface area contributed by atoms with Gasteiger partial charge in [-0.15, -0.1) is 0 Å². The van der Waals surface area contributed by atoms with Gasteiger partial charge in [0, 0.05) is 0 Å². The first-order valence-corrected chi connectivity index (χ1v) is 5.97. The van der Waals surface area contributed by atoms with Crippen LogP contribution < -0.4 is 4.74 Å². The summed E-state index contributed by atoms with van der Waals surface area (Å²) in [5.41, 5.74) is 2.22. The van der Waals surface area contributed by atoms with Crippen LogP contribution in [0.3, 0.4) is 0 Å². The Morgan fingerprint density at radius 2 is 2.18 bits per heavy atom. The summed E-state index contributed by atoms with van der Waals surface area (Å²) in [5.74, 6) is 0.775. The third-order valence-corrected chi connectivity index (χ3v) is 3.32. The molecule has 1 atom stereocenters. The predicted molar refractivity (Wildman–Crippen MR) is 65.4 cm³/mol. The van der Waals surface area contributed by atoms with Gasteiger partial charge < -0.3 is 9.84 Å². The van der Waals surface area contributed by atoms with Gasteiger partial charge in [0.05, 0.1) is 13.5 Å². The number of carbonyl (C=O) groups is 1. The lowest BCUT2D eigenvalue weighted by molar-refractivity contribution is -0.137. The topological polar surface area (TPSA) is 46.5 Å². The third kappa shape index (κ3) is 2.99. The largest absolute Gasteiger partial charge is 0.497 e. The van der Waals surface area contributed by atoms with Crippen LogP contribution in [0.25, 0.3) is 0 Å². The van der Waals surface area contributed by atoms with Crippen molar-refractivity contribution in [1.82, 2.24) is 0 Å². The molecular formula is C14H18O3. The van der Waals surface area contributed by atoms with Crippen LogP contribution in [0.15, 0.2) is 18.2 Å². The van der Waals surface area contributed by atoms with E-state index in [2.05, 4.69) is 6.07 Å². The van der Waals surface area contributed by atoms with Gasteiger partial charge >= 0.3 is 5.97 Å². The van der Waals surface area contributed by atoms with Gasteiger partial charge in [0.2, 0.25) is 0 Å². The van der Waals surface area contributed by atoms with E-state index >= 15 is 0 Å². The quantitative estimate of drug-likeness (QED) is 0.852. The van der Waals surface area contributed by atoms with Crippen LogP contribution in [0.4, 0.5) is 0 Å². The van der Waals surface area contributed by atoms with Crippen molar-refractivity contribution in [2.75, 3.05) is 7.11 Å². The van der Waals surface area contributed by atoms with Gasteiger partial charge in [-0.3, -0.25) is 4.79 Å². The Labute approximate surface area is 101 Å². The second-order valence-corrected chi connectivity index (χ2v) is 4.83. The van der Waals surface area contributed by atoms with Crippen molar-refractivity contribution in [3.8, 4) is 5.75 Å². The van der Waals surface area contributed by atoms with Crippen molar-refractivity contribution in [2.45, 2.75) is 32.1 Å². The zero-order valence-corrected chi connectivity index (χ0v) is 10.3. The summed E-state index contributed by atoms with van der Waals surface area (Å²) in [5, 5.41) is 8.99. The number of benzene rings is 1. The minimum absolute atomic E-state index is 0.140. The smallest absolute Gasteiger partial charge is 0.303 e. The standard InChI is InChI=1S/C14H18O3/c1-9-5-11(7-12(6-9)17-2)13(8-14(15)16)10-3-4-10/h5-7,10,13H,3-4,8H2,1-2H3,(H,15,16). The summed E-state index contributed by atoms with van der Waals surface area (Å²) in [4.78, 5) is 10.9. The molecule has 17 heavy (non-hydrogen) atoms. The van der Waals surface area contributed by atoms with E-state index < -0.39 is 5.97 Å². The number of aryl methyl sites for hydroxylation is 1. The van der Waals surface area contributed by atoms with E-state index in [4.69, 9.17) is 9.84 Å². The minimum atomic E-state index is -0.720. The van der Waals surface area contributed by atoms with Gasteiger partial charge in [-0.05, 0) is 54.9 Å². The van der Waals surface area contributed by atoms with Crippen LogP contribution in [-0.2, 0) is 4.79 Å². The fraction of sp³-hybridized carbons (Fsp3) is 0.500. The van der Waals surface area contributed by atoms with E-state index in [-0.39, 0.29) is 12.3 Å². The summed E-state index contributed by atoms with van der Waals surface area (Å²) >= 11 is 0. The fourth-order valence-electron chi connectivity index (χ4n) is 2.35. The molecule has 0 bridgehead atoms. The Morgan fingerprint density at radius 3 is 2.71 bits per heavy atom. The number of aliphatic carboxylic acids is 1. The molecule has 0 amide bonds. The number of hydrogen-bond donors (Lipinski definition) is 1. The predicted octanol–water partition coefficient (Wildman–Crippen LogP) is 2.97. The molecule has 1 aromatic rings. The lowest BCUT2D eigenvalue weighted by atomic mass is 9.90. The van der Waals surface area contributed by atoms with E-state index in [0.717, 1.165) is 29.7 Å². The summed E-state index contributed by atoms with van der Waals surface area (Å²) in [6.45, 7) is 2.01. The van der Waals surface area contributed by atoms with Crippen LogP contribution in [0.2, 0.25) is 0 Å². The highest BCUT2D eigenvalue weighted by Crippen LogP contribution is 2.45. The molecule has 3 nitrogen and oxygen atoms in total. The zero-order valence-electron chi connectivity index (χ0n) is 10.3. The summed E-state index contributed by atoms with van der Waals surface area (Å²) in [6, 6.07) is 6.02. The molecule has 0 saturated heterocycles. The Kier molecular flexibility index (Phi) is 3.36. The Balaban J connectivity index is 2.28. The van der Waals surface area contributed by atoms with E-state index in [1.165, 1.54) is 0 Å². The molecule has 0 aromatic heterocycles. The highest BCUT2D eigenvalue weighted by molar-refractivity contribution is 5.68. The maximum Gasteiger partial charge on any atom is 0.303 e. The first kappa shape index (κ1) is 12.0. The van der Waals surface area contributed by atoms with Crippen molar-refractivity contribution < 1.29 is 14.6 Å². The van der Waals surface area contributed by atoms with Crippen molar-refractivity contribution in [1.29, 1.82) is 0 Å². The maximum absolute atomic E-state index is 10.9. The average Bonchev–Trinajstić information content (AvgIpc) is 3.08. The second-order valence-electron chi connectivity index (χ2n) is 4.83. The Hall–Kier alpha value is -1.51. The summed E-state index contributed by atoms with van der Waals surface area (Å²) in [6.07, 6.45) is 2.51. The normalized spacial score (nSPS) is 16.6. The molecule has 3 heteroatoms. The molecule has 1 saturated carbocycles. The molecule has 0 heterocycles. The first-order chi connectivity index (χ1) is 8.10. The van der Waals surface area contributed by atoms with E-state index in [1.54, 1.807) is 7.11 Å². The molecule has 1 aromatic carbocycles. The molecule has 1 unspecified atom stereocenters. The first-order valence-electron chi connectivity index (χ1n) is 5.97. The van der Waals surface area contributed by atoms with Gasteiger partial charge in [-0.2, -0.15) is 0 Å². The SMILES string of the molecule is COc1cc(C)cc(C(CC(=O)O)C2CC2)c1. The average molecular weight is 234 g/mol. The minimum Gasteiger partial charge on any atom is -0.497 e. The molecule has 0 aliphatic heterocycles. The number of carboxylic acid groups (broad SMARTS) is 1. The lowest BCUT2D eigenvalue weighted by Crippen LogP contribution is -2.08. The number of hydrogen-bond acceptors (Lipinski definition) is 2. The number of ether oxygens (including phenoxy) is 1. The monoisotopic (exact) mass is 234 g/mol. The molecule has 1 fully saturated rings. The van der Waals surface area contributed by atoms with Crippen molar-refractivity contribution in [2.24, 2.45) is 5.92 Å². The molecule has 0 radical (unpaired) electrons. The molecule has 2 rings (SSSR count). The molecule has 92 valence electrons. The lowest BCUT2D eigenvalue weighted by Gasteiger charge is -2.16. The van der Waals surface area contributed by atoms with E-state index in [1.807, 2.05) is 19.1 Å². The molecule has 1 aliphatic carbocycles. The van der Waals surface area contributed by atoms with Crippen LogP contribution in [0, 0.1) is 12.8 Å². The fourth-order valence-corrected chi connectivity index (χ4v) is 2.35. The van der Waals surface area contributed by atoms with Gasteiger partial charge in [0.1, 0.15) is 5.75 Å². The summed E-state index contributed by atoms with van der Waals surface area (Å²) in [7, 11) is 1.64. The van der Waals surface area contributed by atoms with Gasteiger partial charge in [-0.25, -0.2) is 0 Å². The van der Waals surface area contributed by atoms with Crippen LogP contribution in [-0.4, -0.2) is 18.2 Å². The van der Waals surface area contributed by atoms with Crippen LogP contribution >= 0.6 is 0 Å². The van der Waals surface area contributed by atoms with Gasteiger partial charge in [0.25, 0.3) is 0 Å². The number of rotatable bonds is 5. The highest BCUT2D eigenvalue weighted by atomic mass is 16.5. The van der Waals surface area contributed by atoms with Crippen LogP contribution in [0.1, 0.15) is 36.3 Å². The van der Waals surface area contributed by atoms with E-state index in [9.17, 15) is 4.79 Å². The number of carboxylic acids is 1. The van der Waals surface area contributed by atoms with Crippen molar-refractivity contribution in [3.63, 3.8) is 0 Å². The zero-order chi connectivity index (χ0) is 12.4. The Morgan fingerprint density at radius 1 is 1.47 bits per heavy atom. The highest BCUT2D eigenvalue weighted by Gasteiger charge is 2.33. The van der Waals surface area contributed by atoms with E-state index in [0.29, 0.717) is 5.92 Å². The molecule has 0 spiro atoms. The molecule has 1 N–H and O–H groups in total. The van der Waals surface area contributed by atoms with Crippen molar-refractivity contribution >= 4 is 5.97 Å². The van der Waals surface area contributed by atoms with Gasteiger partial charge in [-0.1, -0.05) is 6.07 Å². The van der Waals surface area contributed by atoms with Crippen LogP contribution in [0.5, 0.6) is 5.75 Å². The second kappa shape index (κ2) is 4.78. The maximum atomic E-state index is 10.9. The third-order valence-electron chi connectivity index (χ3n) is 3.32.